The van der Waals surface area contributed by atoms with Crippen molar-refractivity contribution < 1.29 is 29.4 Å². The molecule has 3 aromatic rings. The quantitative estimate of drug-likeness (QED) is 0.110. The standard InChI is InChI=1S/C30H40N6O6/c1-18(37)26(29(40)34-24(30(41)42)13-7-8-14-31)36-28(39)25(15-19-9-3-2-4-10-19)35-27(38)22(32)16-20-17-33-23-12-6-5-11-21(20)23/h2-6,9-12,17-18,22,24-26,33,37H,7-8,13-16,31-32H2,1H3,(H,34,40)(H,35,38)(H,36,39)(H,41,42). The van der Waals surface area contributed by atoms with E-state index in [9.17, 15) is 29.4 Å². The maximum atomic E-state index is 13.5. The van der Waals surface area contributed by atoms with Crippen molar-refractivity contribution in [2.45, 2.75) is 69.3 Å². The molecule has 0 aliphatic carbocycles. The molecule has 0 fully saturated rings. The first-order chi connectivity index (χ1) is 20.1. The Hall–Kier alpha value is -4.26. The molecule has 3 amide bonds. The van der Waals surface area contributed by atoms with Crippen molar-refractivity contribution >= 4 is 34.6 Å². The molecule has 0 spiro atoms. The Bertz CT molecular complexity index is 1340. The Kier molecular flexibility index (Phi) is 12.0. The summed E-state index contributed by atoms with van der Waals surface area (Å²) < 4.78 is 0. The predicted molar refractivity (Wildman–Crippen MR) is 158 cm³/mol. The number of carbonyl (C=O) groups is 4. The zero-order valence-electron chi connectivity index (χ0n) is 23.6. The molecule has 0 saturated carbocycles. The number of aliphatic hydroxyl groups excluding tert-OH is 1. The molecule has 226 valence electrons. The zero-order valence-corrected chi connectivity index (χ0v) is 23.6. The average molecular weight is 581 g/mol. The van der Waals surface area contributed by atoms with Crippen LogP contribution in [0.5, 0.6) is 0 Å². The van der Waals surface area contributed by atoms with Crippen LogP contribution in [0.4, 0.5) is 0 Å². The van der Waals surface area contributed by atoms with Crippen LogP contribution in [0.25, 0.3) is 10.9 Å². The molecule has 3 rings (SSSR count). The lowest BCUT2D eigenvalue weighted by Crippen LogP contribution is -2.60. The lowest BCUT2D eigenvalue weighted by Gasteiger charge is -2.26. The number of H-pyrrole nitrogens is 1. The first-order valence-electron chi connectivity index (χ1n) is 14.0. The van der Waals surface area contributed by atoms with E-state index in [2.05, 4.69) is 20.9 Å². The highest BCUT2D eigenvalue weighted by molar-refractivity contribution is 5.94. The molecule has 1 heterocycles. The molecule has 5 atom stereocenters. The van der Waals surface area contributed by atoms with Gasteiger partial charge in [0.1, 0.15) is 18.1 Å². The van der Waals surface area contributed by atoms with Crippen molar-refractivity contribution in [3.8, 4) is 0 Å². The van der Waals surface area contributed by atoms with E-state index in [0.29, 0.717) is 19.4 Å². The lowest BCUT2D eigenvalue weighted by molar-refractivity contribution is -0.143. The number of aromatic nitrogens is 1. The van der Waals surface area contributed by atoms with Crippen molar-refractivity contribution in [1.29, 1.82) is 0 Å². The number of nitrogens with one attached hydrogen (secondary N) is 4. The van der Waals surface area contributed by atoms with Gasteiger partial charge in [-0.05, 0) is 56.3 Å². The number of unbranched alkanes of at least 4 members (excludes halogenated alkanes) is 1. The predicted octanol–water partition coefficient (Wildman–Crippen LogP) is 0.329. The number of nitrogens with two attached hydrogens (primary N) is 2. The maximum absolute atomic E-state index is 13.5. The number of rotatable bonds is 16. The largest absolute Gasteiger partial charge is 0.480 e. The minimum Gasteiger partial charge on any atom is -0.480 e. The molecule has 2 aromatic carbocycles. The summed E-state index contributed by atoms with van der Waals surface area (Å²) in [5.41, 5.74) is 14.2. The maximum Gasteiger partial charge on any atom is 0.326 e. The Morgan fingerprint density at radius 1 is 0.857 bits per heavy atom. The second-order valence-electron chi connectivity index (χ2n) is 10.3. The number of hydrogen-bond donors (Lipinski definition) is 8. The van der Waals surface area contributed by atoms with Crippen LogP contribution < -0.4 is 27.4 Å². The number of carbonyl (C=O) groups excluding carboxylic acids is 3. The van der Waals surface area contributed by atoms with Gasteiger partial charge in [0.05, 0.1) is 12.1 Å². The third kappa shape index (κ3) is 9.13. The van der Waals surface area contributed by atoms with Crippen LogP contribution in [0, 0.1) is 0 Å². The first kappa shape index (κ1) is 32.3. The fourth-order valence-corrected chi connectivity index (χ4v) is 4.64. The van der Waals surface area contributed by atoms with Crippen LogP contribution >= 0.6 is 0 Å². The second-order valence-corrected chi connectivity index (χ2v) is 10.3. The molecular weight excluding hydrogens is 540 g/mol. The Labute approximate surface area is 244 Å². The number of hydrogen-bond acceptors (Lipinski definition) is 7. The highest BCUT2D eigenvalue weighted by Crippen LogP contribution is 2.19. The van der Waals surface area contributed by atoms with Crippen molar-refractivity contribution in [3.05, 3.63) is 71.9 Å². The van der Waals surface area contributed by atoms with Gasteiger partial charge in [0.2, 0.25) is 17.7 Å². The van der Waals surface area contributed by atoms with Crippen molar-refractivity contribution in [1.82, 2.24) is 20.9 Å². The fraction of sp³-hybridized carbons (Fsp3) is 0.400. The molecule has 12 heteroatoms. The number of aliphatic hydroxyl groups is 1. The molecule has 10 N–H and O–H groups in total. The molecule has 0 aliphatic heterocycles. The van der Waals surface area contributed by atoms with Crippen molar-refractivity contribution in [2.75, 3.05) is 6.54 Å². The van der Waals surface area contributed by atoms with Crippen LogP contribution in [-0.2, 0) is 32.0 Å². The van der Waals surface area contributed by atoms with E-state index in [1.807, 2.05) is 30.3 Å². The van der Waals surface area contributed by atoms with Gasteiger partial charge >= 0.3 is 5.97 Å². The zero-order chi connectivity index (χ0) is 30.6. The van der Waals surface area contributed by atoms with E-state index in [0.717, 1.165) is 22.0 Å². The normalized spacial score (nSPS) is 14.8. The van der Waals surface area contributed by atoms with Gasteiger partial charge in [-0.1, -0.05) is 48.5 Å². The van der Waals surface area contributed by atoms with Crippen LogP contribution in [0.1, 0.15) is 37.3 Å². The molecule has 0 saturated heterocycles. The number of benzene rings is 2. The monoisotopic (exact) mass is 580 g/mol. The Morgan fingerprint density at radius 2 is 1.52 bits per heavy atom. The van der Waals surface area contributed by atoms with Crippen LogP contribution in [0.15, 0.2) is 60.8 Å². The highest BCUT2D eigenvalue weighted by atomic mass is 16.4. The molecule has 1 aromatic heterocycles. The highest BCUT2D eigenvalue weighted by Gasteiger charge is 2.33. The molecule has 0 aliphatic rings. The van der Waals surface area contributed by atoms with Gasteiger partial charge < -0.3 is 42.6 Å². The number of carboxylic acids is 1. The molecular formula is C30H40N6O6. The van der Waals surface area contributed by atoms with Gasteiger partial charge in [-0.15, -0.1) is 0 Å². The summed E-state index contributed by atoms with van der Waals surface area (Å²) in [7, 11) is 0. The number of aromatic amines is 1. The third-order valence-electron chi connectivity index (χ3n) is 6.99. The summed E-state index contributed by atoms with van der Waals surface area (Å²) >= 11 is 0. The van der Waals surface area contributed by atoms with Gasteiger partial charge in [-0.2, -0.15) is 0 Å². The van der Waals surface area contributed by atoms with E-state index in [1.54, 1.807) is 30.5 Å². The second kappa shape index (κ2) is 15.7. The summed E-state index contributed by atoms with van der Waals surface area (Å²) in [6.45, 7) is 1.68. The Balaban J connectivity index is 1.73. The van der Waals surface area contributed by atoms with Gasteiger partial charge in [0, 0.05) is 23.5 Å². The van der Waals surface area contributed by atoms with Crippen molar-refractivity contribution in [2.24, 2.45) is 11.5 Å². The van der Waals surface area contributed by atoms with Gasteiger partial charge in [0.25, 0.3) is 0 Å². The number of para-hydroxylation sites is 1. The minimum absolute atomic E-state index is 0.0865. The Morgan fingerprint density at radius 3 is 2.19 bits per heavy atom. The number of aliphatic carboxylic acids is 1. The molecule has 42 heavy (non-hydrogen) atoms. The van der Waals surface area contributed by atoms with E-state index < -0.39 is 54.0 Å². The topological polar surface area (TPSA) is 213 Å². The van der Waals surface area contributed by atoms with Gasteiger partial charge in [-0.3, -0.25) is 14.4 Å². The summed E-state index contributed by atoms with van der Waals surface area (Å²) in [5, 5.41) is 28.3. The summed E-state index contributed by atoms with van der Waals surface area (Å²) in [6.07, 6.45) is 1.93. The van der Waals surface area contributed by atoms with Gasteiger partial charge in [-0.25, -0.2) is 4.79 Å². The van der Waals surface area contributed by atoms with Gasteiger partial charge in [0.15, 0.2) is 0 Å². The SMILES string of the molecule is CC(O)C(NC(=O)C(Cc1ccccc1)NC(=O)C(N)Cc1c[nH]c2ccccc12)C(=O)NC(CCCCN)C(=O)O. The molecule has 0 bridgehead atoms. The third-order valence-corrected chi connectivity index (χ3v) is 6.99. The molecule has 0 radical (unpaired) electrons. The smallest absolute Gasteiger partial charge is 0.326 e. The summed E-state index contributed by atoms with van der Waals surface area (Å²) in [4.78, 5) is 54.4. The van der Waals surface area contributed by atoms with E-state index >= 15 is 0 Å². The van der Waals surface area contributed by atoms with Crippen LogP contribution in [-0.4, -0.2) is 75.7 Å². The molecule has 5 unspecified atom stereocenters. The van der Waals surface area contributed by atoms with Crippen molar-refractivity contribution in [3.63, 3.8) is 0 Å². The summed E-state index contributed by atoms with van der Waals surface area (Å²) in [6, 6.07) is 11.8. The fourth-order valence-electron chi connectivity index (χ4n) is 4.64. The first-order valence-corrected chi connectivity index (χ1v) is 14.0. The van der Waals surface area contributed by atoms with E-state index in [1.165, 1.54) is 6.92 Å². The number of carboxylic acid groups (broad SMARTS) is 1. The van der Waals surface area contributed by atoms with E-state index in [-0.39, 0.29) is 19.3 Å². The minimum atomic E-state index is -1.47. The van der Waals surface area contributed by atoms with Crippen LogP contribution in [0.2, 0.25) is 0 Å². The average Bonchev–Trinajstić information content (AvgIpc) is 3.37. The molecule has 12 nitrogen and oxygen atoms in total. The van der Waals surface area contributed by atoms with Crippen LogP contribution in [0.3, 0.4) is 0 Å². The van der Waals surface area contributed by atoms with E-state index in [4.69, 9.17) is 11.5 Å². The number of fused-ring (bicyclic) bond motifs is 1. The lowest BCUT2D eigenvalue weighted by atomic mass is 10.0. The number of amides is 3. The summed E-state index contributed by atoms with van der Waals surface area (Å²) in [5.74, 6) is -3.41.